The van der Waals surface area contributed by atoms with Crippen LogP contribution in [0.25, 0.3) is 10.9 Å². The van der Waals surface area contributed by atoms with Crippen molar-refractivity contribution in [3.63, 3.8) is 0 Å². The van der Waals surface area contributed by atoms with Crippen molar-refractivity contribution in [1.29, 1.82) is 0 Å². The van der Waals surface area contributed by atoms with Crippen molar-refractivity contribution in [3.8, 4) is 0 Å². The molecular formula is C14H18F3N3. The summed E-state index contributed by atoms with van der Waals surface area (Å²) in [6, 6.07) is 5.78. The van der Waals surface area contributed by atoms with Gasteiger partial charge in [0.1, 0.15) is 6.04 Å². The zero-order valence-electron chi connectivity index (χ0n) is 11.5. The molecule has 1 aromatic heterocycles. The van der Waals surface area contributed by atoms with Crippen molar-refractivity contribution < 1.29 is 13.2 Å². The normalized spacial score (nSPS) is 13.8. The second kappa shape index (κ2) is 5.83. The number of aromatic nitrogens is 2. The molecule has 0 saturated carbocycles. The molecule has 1 aromatic carbocycles. The van der Waals surface area contributed by atoms with Gasteiger partial charge in [0.05, 0.1) is 11.2 Å². The van der Waals surface area contributed by atoms with Crippen LogP contribution in [0.2, 0.25) is 0 Å². The third-order valence-corrected chi connectivity index (χ3v) is 3.27. The molecule has 0 radical (unpaired) electrons. The quantitative estimate of drug-likeness (QED) is 0.915. The van der Waals surface area contributed by atoms with E-state index in [-0.39, 0.29) is 6.42 Å². The lowest BCUT2D eigenvalue weighted by Crippen LogP contribution is -2.44. The molecule has 2 rings (SSSR count). The Hall–Kier alpha value is -1.56. The summed E-state index contributed by atoms with van der Waals surface area (Å²) in [5, 5.41) is 7.57. The zero-order valence-corrected chi connectivity index (χ0v) is 11.5. The van der Waals surface area contributed by atoms with Gasteiger partial charge in [0.2, 0.25) is 0 Å². The lowest BCUT2D eigenvalue weighted by atomic mass is 10.1. The lowest BCUT2D eigenvalue weighted by Gasteiger charge is -2.20. The Kier molecular flexibility index (Phi) is 4.32. The molecule has 1 heterocycles. The summed E-state index contributed by atoms with van der Waals surface area (Å²) >= 11 is 0. The van der Waals surface area contributed by atoms with E-state index in [0.29, 0.717) is 18.7 Å². The first-order chi connectivity index (χ1) is 9.43. The van der Waals surface area contributed by atoms with Crippen LogP contribution in [-0.2, 0) is 13.5 Å². The van der Waals surface area contributed by atoms with Crippen LogP contribution in [0, 0.1) is 0 Å². The Morgan fingerprint density at radius 1 is 1.30 bits per heavy atom. The minimum Gasteiger partial charge on any atom is -0.306 e. The number of nitrogens with zero attached hydrogens (tertiary/aromatic N) is 2. The molecule has 1 N–H and O–H groups in total. The minimum absolute atomic E-state index is 0.148. The number of aryl methyl sites for hydroxylation is 1. The Morgan fingerprint density at radius 3 is 2.65 bits per heavy atom. The molecule has 0 aliphatic rings. The highest BCUT2D eigenvalue weighted by atomic mass is 19.4. The van der Waals surface area contributed by atoms with Crippen LogP contribution in [0.1, 0.15) is 19.0 Å². The van der Waals surface area contributed by atoms with Gasteiger partial charge in [0, 0.05) is 18.9 Å². The highest BCUT2D eigenvalue weighted by molar-refractivity contribution is 5.81. The van der Waals surface area contributed by atoms with Gasteiger partial charge in [-0.1, -0.05) is 25.1 Å². The highest BCUT2D eigenvalue weighted by Gasteiger charge is 2.39. The van der Waals surface area contributed by atoms with Gasteiger partial charge < -0.3 is 5.32 Å². The summed E-state index contributed by atoms with van der Waals surface area (Å²) in [4.78, 5) is 0. The van der Waals surface area contributed by atoms with E-state index in [0.717, 1.165) is 10.9 Å². The van der Waals surface area contributed by atoms with Crippen molar-refractivity contribution in [3.05, 3.63) is 30.0 Å². The fourth-order valence-electron chi connectivity index (χ4n) is 2.25. The van der Waals surface area contributed by atoms with Crippen LogP contribution >= 0.6 is 0 Å². The molecule has 0 saturated heterocycles. The maximum atomic E-state index is 13.0. The number of hydrogen-bond acceptors (Lipinski definition) is 2. The van der Waals surface area contributed by atoms with E-state index in [9.17, 15) is 13.2 Å². The molecule has 0 fully saturated rings. The number of benzene rings is 1. The van der Waals surface area contributed by atoms with E-state index in [4.69, 9.17) is 0 Å². The summed E-state index contributed by atoms with van der Waals surface area (Å²) in [7, 11) is 1.74. The third kappa shape index (κ3) is 3.12. The molecule has 2 aromatic rings. The van der Waals surface area contributed by atoms with Crippen molar-refractivity contribution in [2.45, 2.75) is 32.0 Å². The summed E-state index contributed by atoms with van der Waals surface area (Å²) in [5.41, 5.74) is 1.33. The number of para-hydroxylation sites is 1. The fourth-order valence-corrected chi connectivity index (χ4v) is 2.25. The van der Waals surface area contributed by atoms with Crippen LogP contribution < -0.4 is 5.32 Å². The molecule has 110 valence electrons. The SMILES string of the molecule is CCCNC(Cc1nn(C)c2ccccc12)C(F)(F)F. The van der Waals surface area contributed by atoms with Gasteiger partial charge in [-0.3, -0.25) is 4.68 Å². The Morgan fingerprint density at radius 2 is 2.00 bits per heavy atom. The largest absolute Gasteiger partial charge is 0.404 e. The van der Waals surface area contributed by atoms with E-state index in [2.05, 4.69) is 10.4 Å². The van der Waals surface area contributed by atoms with E-state index in [1.54, 1.807) is 11.7 Å². The van der Waals surface area contributed by atoms with E-state index in [1.807, 2.05) is 31.2 Å². The van der Waals surface area contributed by atoms with Crippen LogP contribution in [0.5, 0.6) is 0 Å². The Labute approximate surface area is 115 Å². The summed E-state index contributed by atoms with van der Waals surface area (Å²) in [5.74, 6) is 0. The smallest absolute Gasteiger partial charge is 0.306 e. The molecule has 20 heavy (non-hydrogen) atoms. The monoisotopic (exact) mass is 285 g/mol. The average Bonchev–Trinajstić information content (AvgIpc) is 2.71. The number of fused-ring (bicyclic) bond motifs is 1. The highest BCUT2D eigenvalue weighted by Crippen LogP contribution is 2.26. The van der Waals surface area contributed by atoms with Crippen molar-refractivity contribution in [1.82, 2.24) is 15.1 Å². The molecule has 6 heteroatoms. The van der Waals surface area contributed by atoms with E-state index >= 15 is 0 Å². The molecular weight excluding hydrogens is 267 g/mol. The number of rotatable bonds is 5. The molecule has 0 aliphatic carbocycles. The molecule has 0 aliphatic heterocycles. The first kappa shape index (κ1) is 14.8. The van der Waals surface area contributed by atoms with Crippen LogP contribution in [0.4, 0.5) is 13.2 Å². The topological polar surface area (TPSA) is 29.9 Å². The van der Waals surface area contributed by atoms with Gasteiger partial charge in [0.25, 0.3) is 0 Å². The van der Waals surface area contributed by atoms with Gasteiger partial charge in [-0.25, -0.2) is 0 Å². The first-order valence-electron chi connectivity index (χ1n) is 6.64. The van der Waals surface area contributed by atoms with E-state index < -0.39 is 12.2 Å². The first-order valence-corrected chi connectivity index (χ1v) is 6.64. The lowest BCUT2D eigenvalue weighted by molar-refractivity contribution is -0.155. The fraction of sp³-hybridized carbons (Fsp3) is 0.500. The van der Waals surface area contributed by atoms with Crippen LogP contribution in [0.3, 0.4) is 0 Å². The Balaban J connectivity index is 2.29. The predicted molar refractivity (Wildman–Crippen MR) is 72.6 cm³/mol. The van der Waals surface area contributed by atoms with Gasteiger partial charge in [-0.05, 0) is 19.0 Å². The predicted octanol–water partition coefficient (Wildman–Crippen LogP) is 3.05. The third-order valence-electron chi connectivity index (χ3n) is 3.27. The second-order valence-corrected chi connectivity index (χ2v) is 4.84. The van der Waals surface area contributed by atoms with Crippen molar-refractivity contribution in [2.75, 3.05) is 6.54 Å². The molecule has 0 amide bonds. The molecule has 0 spiro atoms. The van der Waals surface area contributed by atoms with Gasteiger partial charge in [-0.15, -0.1) is 0 Å². The second-order valence-electron chi connectivity index (χ2n) is 4.84. The molecule has 1 unspecified atom stereocenters. The summed E-state index contributed by atoms with van der Waals surface area (Å²) in [6.07, 6.45) is -3.76. The van der Waals surface area contributed by atoms with Crippen LogP contribution in [-0.4, -0.2) is 28.5 Å². The van der Waals surface area contributed by atoms with Crippen LogP contribution in [0.15, 0.2) is 24.3 Å². The van der Waals surface area contributed by atoms with Gasteiger partial charge in [0.15, 0.2) is 0 Å². The molecule has 1 atom stereocenters. The summed E-state index contributed by atoms with van der Waals surface area (Å²) < 4.78 is 40.7. The molecule has 3 nitrogen and oxygen atoms in total. The van der Waals surface area contributed by atoms with E-state index in [1.165, 1.54) is 0 Å². The number of halogens is 3. The number of alkyl halides is 3. The molecule has 0 bridgehead atoms. The van der Waals surface area contributed by atoms with Crippen molar-refractivity contribution in [2.24, 2.45) is 7.05 Å². The van der Waals surface area contributed by atoms with Gasteiger partial charge >= 0.3 is 6.18 Å². The van der Waals surface area contributed by atoms with Gasteiger partial charge in [-0.2, -0.15) is 18.3 Å². The average molecular weight is 285 g/mol. The standard InChI is InChI=1S/C14H18F3N3/c1-3-8-18-13(14(15,16)17)9-11-10-6-4-5-7-12(10)20(2)19-11/h4-7,13,18H,3,8-9H2,1-2H3. The zero-order chi connectivity index (χ0) is 14.8. The number of nitrogens with one attached hydrogen (secondary N) is 1. The maximum absolute atomic E-state index is 13.0. The van der Waals surface area contributed by atoms with Crippen molar-refractivity contribution >= 4 is 10.9 Å². The number of hydrogen-bond donors (Lipinski definition) is 1. The minimum atomic E-state index is -4.27. The summed E-state index contributed by atoms with van der Waals surface area (Å²) in [6.45, 7) is 2.19. The Bertz CT molecular complexity index is 575. The maximum Gasteiger partial charge on any atom is 0.404 e.